The number of nitrogens with zero attached hydrogens (tertiary/aromatic N) is 5. The van der Waals surface area contributed by atoms with E-state index < -0.39 is 0 Å². The molecule has 0 fully saturated rings. The van der Waals surface area contributed by atoms with Crippen LogP contribution in [-0.4, -0.2) is 42.0 Å². The van der Waals surface area contributed by atoms with Gasteiger partial charge in [-0.3, -0.25) is 19.0 Å². The second kappa shape index (κ2) is 5.43. The summed E-state index contributed by atoms with van der Waals surface area (Å²) in [5.74, 6) is 0.363. The average Bonchev–Trinajstić information content (AvgIpc) is 3.04. The second-order valence-electron chi connectivity index (χ2n) is 4.91. The van der Waals surface area contributed by atoms with Gasteiger partial charge >= 0.3 is 5.69 Å². The van der Waals surface area contributed by atoms with Gasteiger partial charge < -0.3 is 5.32 Å². The number of aromatic amines is 1. The van der Waals surface area contributed by atoms with Crippen LogP contribution < -0.4 is 11.0 Å². The summed E-state index contributed by atoms with van der Waals surface area (Å²) in [4.78, 5) is 27.6. The molecule has 9 nitrogen and oxygen atoms in total. The van der Waals surface area contributed by atoms with E-state index in [-0.39, 0.29) is 11.6 Å². The summed E-state index contributed by atoms with van der Waals surface area (Å²) < 4.78 is 3.08. The van der Waals surface area contributed by atoms with Crippen LogP contribution in [0.15, 0.2) is 23.3 Å². The Labute approximate surface area is 125 Å². The van der Waals surface area contributed by atoms with Gasteiger partial charge in [-0.1, -0.05) is 0 Å². The topological polar surface area (TPSA) is 110 Å². The van der Waals surface area contributed by atoms with Gasteiger partial charge in [-0.15, -0.1) is 0 Å². The minimum absolute atomic E-state index is 0.226. The van der Waals surface area contributed by atoms with E-state index in [4.69, 9.17) is 0 Å². The molecule has 3 rings (SSSR count). The first-order valence-corrected chi connectivity index (χ1v) is 6.72. The normalized spacial score (nSPS) is 11.0. The Kier molecular flexibility index (Phi) is 3.45. The van der Waals surface area contributed by atoms with Crippen molar-refractivity contribution in [3.63, 3.8) is 0 Å². The highest BCUT2D eigenvalue weighted by Crippen LogP contribution is 2.11. The van der Waals surface area contributed by atoms with E-state index >= 15 is 0 Å². The van der Waals surface area contributed by atoms with Gasteiger partial charge in [0.25, 0.3) is 5.91 Å². The maximum Gasteiger partial charge on any atom is 0.343 e. The van der Waals surface area contributed by atoms with Crippen LogP contribution >= 0.6 is 0 Å². The SMILES string of the molecule is Cn1c(CCNC(=O)c2cnc3cnn(C)c3c2)n[nH]c1=O. The lowest BCUT2D eigenvalue weighted by atomic mass is 10.2. The number of fused-ring (bicyclic) bond motifs is 1. The van der Waals surface area contributed by atoms with Crippen molar-refractivity contribution in [2.75, 3.05) is 6.54 Å². The Morgan fingerprint density at radius 1 is 1.36 bits per heavy atom. The van der Waals surface area contributed by atoms with E-state index in [1.54, 1.807) is 31.0 Å². The smallest absolute Gasteiger partial charge is 0.343 e. The molecule has 0 spiro atoms. The van der Waals surface area contributed by atoms with Crippen molar-refractivity contribution in [1.82, 2.24) is 34.8 Å². The van der Waals surface area contributed by atoms with Crippen LogP contribution in [0, 0.1) is 0 Å². The third-order valence-corrected chi connectivity index (χ3v) is 3.47. The fraction of sp³-hybridized carbons (Fsp3) is 0.308. The van der Waals surface area contributed by atoms with E-state index in [1.807, 2.05) is 0 Å². The van der Waals surface area contributed by atoms with Crippen LogP contribution in [0.2, 0.25) is 0 Å². The lowest BCUT2D eigenvalue weighted by Gasteiger charge is -2.05. The predicted octanol–water partition coefficient (Wildman–Crippen LogP) is -0.637. The Bertz CT molecular complexity index is 889. The van der Waals surface area contributed by atoms with E-state index in [2.05, 4.69) is 25.6 Å². The Balaban J connectivity index is 1.67. The summed E-state index contributed by atoms with van der Waals surface area (Å²) in [6, 6.07) is 1.74. The lowest BCUT2D eigenvalue weighted by molar-refractivity contribution is 0.0953. The van der Waals surface area contributed by atoms with Crippen molar-refractivity contribution >= 4 is 16.9 Å². The molecule has 0 saturated heterocycles. The average molecular weight is 301 g/mol. The number of amides is 1. The molecule has 0 saturated carbocycles. The summed E-state index contributed by atoms with van der Waals surface area (Å²) >= 11 is 0. The molecule has 3 aromatic heterocycles. The fourth-order valence-corrected chi connectivity index (χ4v) is 2.14. The van der Waals surface area contributed by atoms with Crippen LogP contribution in [0.5, 0.6) is 0 Å². The van der Waals surface area contributed by atoms with E-state index in [0.717, 1.165) is 11.0 Å². The third kappa shape index (κ3) is 2.48. The molecule has 0 unspecified atom stereocenters. The van der Waals surface area contributed by atoms with Gasteiger partial charge in [-0.05, 0) is 6.07 Å². The number of aromatic nitrogens is 6. The molecule has 3 aromatic rings. The van der Waals surface area contributed by atoms with Gasteiger partial charge in [0.05, 0.1) is 17.3 Å². The molecule has 22 heavy (non-hydrogen) atoms. The number of aryl methyl sites for hydroxylation is 1. The van der Waals surface area contributed by atoms with Crippen molar-refractivity contribution in [1.29, 1.82) is 0 Å². The van der Waals surface area contributed by atoms with Crippen molar-refractivity contribution in [2.45, 2.75) is 6.42 Å². The molecule has 0 aromatic carbocycles. The second-order valence-corrected chi connectivity index (χ2v) is 4.91. The molecule has 1 amide bonds. The van der Waals surface area contributed by atoms with Crippen molar-refractivity contribution in [3.05, 3.63) is 40.3 Å². The van der Waals surface area contributed by atoms with Gasteiger partial charge in [-0.25, -0.2) is 9.89 Å². The molecule has 0 atom stereocenters. The first-order chi connectivity index (χ1) is 10.6. The zero-order chi connectivity index (χ0) is 15.7. The number of carbonyl (C=O) groups excluding carboxylic acids is 1. The van der Waals surface area contributed by atoms with Gasteiger partial charge in [0.2, 0.25) is 0 Å². The van der Waals surface area contributed by atoms with E-state index in [9.17, 15) is 9.59 Å². The minimum Gasteiger partial charge on any atom is -0.352 e. The van der Waals surface area contributed by atoms with Crippen LogP contribution in [0.1, 0.15) is 16.2 Å². The molecule has 0 bridgehead atoms. The molecule has 3 heterocycles. The van der Waals surface area contributed by atoms with Gasteiger partial charge in [0, 0.05) is 33.3 Å². The Hall–Kier alpha value is -2.97. The highest BCUT2D eigenvalue weighted by molar-refractivity contribution is 5.96. The summed E-state index contributed by atoms with van der Waals surface area (Å²) in [7, 11) is 3.42. The number of hydrogen-bond donors (Lipinski definition) is 2. The first-order valence-electron chi connectivity index (χ1n) is 6.72. The molecular formula is C13H15N7O2. The van der Waals surface area contributed by atoms with Gasteiger partial charge in [0.15, 0.2) is 0 Å². The largest absolute Gasteiger partial charge is 0.352 e. The molecular weight excluding hydrogens is 286 g/mol. The third-order valence-electron chi connectivity index (χ3n) is 3.47. The first kappa shape index (κ1) is 14.0. The summed E-state index contributed by atoms with van der Waals surface area (Å²) in [5, 5.41) is 13.1. The number of rotatable bonds is 4. The highest BCUT2D eigenvalue weighted by Gasteiger charge is 2.10. The molecule has 9 heteroatoms. The van der Waals surface area contributed by atoms with E-state index in [1.165, 1.54) is 10.8 Å². The number of H-pyrrole nitrogens is 1. The maximum atomic E-state index is 12.1. The summed E-state index contributed by atoms with van der Waals surface area (Å²) in [6.45, 7) is 0.375. The van der Waals surface area contributed by atoms with E-state index in [0.29, 0.717) is 24.4 Å². The minimum atomic E-state index is -0.271. The number of nitrogens with one attached hydrogen (secondary N) is 2. The number of pyridine rings is 1. The number of hydrogen-bond acceptors (Lipinski definition) is 5. The quantitative estimate of drug-likeness (QED) is 0.666. The molecule has 0 aliphatic rings. The summed E-state index contributed by atoms with van der Waals surface area (Å²) in [5.41, 5.74) is 1.73. The molecule has 0 aliphatic heterocycles. The maximum absolute atomic E-state index is 12.1. The molecule has 0 radical (unpaired) electrons. The lowest BCUT2D eigenvalue weighted by Crippen LogP contribution is -2.27. The molecule has 114 valence electrons. The van der Waals surface area contributed by atoms with Crippen molar-refractivity contribution < 1.29 is 4.79 Å². The van der Waals surface area contributed by atoms with Crippen molar-refractivity contribution in [2.24, 2.45) is 14.1 Å². The molecule has 0 aliphatic carbocycles. The van der Waals surface area contributed by atoms with Crippen LogP contribution in [-0.2, 0) is 20.5 Å². The fourth-order valence-electron chi connectivity index (χ4n) is 2.14. The zero-order valence-corrected chi connectivity index (χ0v) is 12.2. The van der Waals surface area contributed by atoms with Crippen LogP contribution in [0.4, 0.5) is 0 Å². The standard InChI is InChI=1S/C13H15N7O2/c1-19-11(17-18-13(19)22)3-4-14-12(21)8-5-10-9(15-6-8)7-16-20(10)2/h5-7H,3-4H2,1-2H3,(H,14,21)(H,18,22). The van der Waals surface area contributed by atoms with Gasteiger partial charge in [-0.2, -0.15) is 10.2 Å². The zero-order valence-electron chi connectivity index (χ0n) is 12.2. The van der Waals surface area contributed by atoms with Crippen LogP contribution in [0.3, 0.4) is 0 Å². The predicted molar refractivity (Wildman–Crippen MR) is 78.4 cm³/mol. The van der Waals surface area contributed by atoms with Crippen LogP contribution in [0.25, 0.3) is 11.0 Å². The van der Waals surface area contributed by atoms with Crippen molar-refractivity contribution in [3.8, 4) is 0 Å². The summed E-state index contributed by atoms with van der Waals surface area (Å²) in [6.07, 6.45) is 3.63. The highest BCUT2D eigenvalue weighted by atomic mass is 16.2. The Morgan fingerprint density at radius 2 is 2.18 bits per heavy atom. The van der Waals surface area contributed by atoms with Gasteiger partial charge in [0.1, 0.15) is 11.3 Å². The monoisotopic (exact) mass is 301 g/mol. The molecule has 2 N–H and O–H groups in total. The Morgan fingerprint density at radius 3 is 2.91 bits per heavy atom. The number of carbonyl (C=O) groups is 1.